The van der Waals surface area contributed by atoms with E-state index in [1.165, 1.54) is 0 Å². The van der Waals surface area contributed by atoms with E-state index in [0.717, 1.165) is 11.3 Å². The average molecular weight is 321 g/mol. The number of aliphatic carboxylic acids is 1. The maximum Gasteiger partial charge on any atom is 0.305 e. The van der Waals surface area contributed by atoms with Gasteiger partial charge in [-0.1, -0.05) is 39.0 Å². The first-order chi connectivity index (χ1) is 10.9. The van der Waals surface area contributed by atoms with Gasteiger partial charge in [0.1, 0.15) is 5.75 Å². The number of hydrogen-bond donors (Lipinski definition) is 2. The van der Waals surface area contributed by atoms with Crippen molar-refractivity contribution in [3.05, 3.63) is 29.8 Å². The van der Waals surface area contributed by atoms with Gasteiger partial charge in [0.05, 0.1) is 13.5 Å². The van der Waals surface area contributed by atoms with Crippen LogP contribution in [0.1, 0.15) is 57.9 Å². The number of benzene rings is 1. The number of rotatable bonds is 9. The maximum absolute atomic E-state index is 12.4. The zero-order chi connectivity index (χ0) is 17.5. The fourth-order valence-corrected chi connectivity index (χ4v) is 2.82. The van der Waals surface area contributed by atoms with Crippen molar-refractivity contribution in [2.75, 3.05) is 7.11 Å². The first-order valence-corrected chi connectivity index (χ1v) is 8.03. The number of nitrogens with one attached hydrogen (secondary N) is 1. The lowest BCUT2D eigenvalue weighted by Crippen LogP contribution is -2.49. The molecule has 128 valence electrons. The van der Waals surface area contributed by atoms with Gasteiger partial charge in [0.2, 0.25) is 5.91 Å². The van der Waals surface area contributed by atoms with Crippen LogP contribution in [-0.4, -0.2) is 29.6 Å². The number of carbonyl (C=O) groups excluding carboxylic acids is 1. The summed E-state index contributed by atoms with van der Waals surface area (Å²) in [6.07, 6.45) is 1.41. The van der Waals surface area contributed by atoms with Gasteiger partial charge in [-0.25, -0.2) is 0 Å². The molecule has 0 aromatic heterocycles. The maximum atomic E-state index is 12.4. The molecule has 23 heavy (non-hydrogen) atoms. The molecule has 1 atom stereocenters. The number of carboxylic acids is 1. The average Bonchev–Trinajstić information content (AvgIpc) is 2.53. The summed E-state index contributed by atoms with van der Waals surface area (Å²) in [5.74, 6) is -0.280. The highest BCUT2D eigenvalue weighted by Gasteiger charge is 2.31. The number of methoxy groups -OCH3 is 1. The Bertz CT molecular complexity index is 538. The van der Waals surface area contributed by atoms with Crippen molar-refractivity contribution in [2.24, 2.45) is 0 Å². The number of para-hydroxylation sites is 1. The summed E-state index contributed by atoms with van der Waals surface area (Å²) in [5.41, 5.74) is 0.297. The van der Waals surface area contributed by atoms with Crippen LogP contribution in [0.25, 0.3) is 0 Å². The molecule has 1 aromatic carbocycles. The van der Waals surface area contributed by atoms with Crippen molar-refractivity contribution in [3.8, 4) is 5.75 Å². The van der Waals surface area contributed by atoms with Crippen LogP contribution in [0.4, 0.5) is 0 Å². The van der Waals surface area contributed by atoms with Crippen LogP contribution in [-0.2, 0) is 9.59 Å². The highest BCUT2D eigenvalue weighted by molar-refractivity contribution is 5.79. The molecule has 0 aliphatic heterocycles. The zero-order valence-corrected chi connectivity index (χ0v) is 14.4. The number of amides is 1. The molecule has 0 saturated heterocycles. The summed E-state index contributed by atoms with van der Waals surface area (Å²) in [6.45, 7) is 5.76. The van der Waals surface area contributed by atoms with Crippen molar-refractivity contribution in [3.63, 3.8) is 0 Å². The molecular formula is C18H27NO4. The molecule has 1 rings (SSSR count). The molecule has 0 bridgehead atoms. The highest BCUT2D eigenvalue weighted by Crippen LogP contribution is 2.29. The molecule has 0 aliphatic rings. The first-order valence-electron chi connectivity index (χ1n) is 8.03. The van der Waals surface area contributed by atoms with E-state index >= 15 is 0 Å². The number of carbonyl (C=O) groups is 2. The third kappa shape index (κ3) is 5.27. The monoisotopic (exact) mass is 321 g/mol. The SMILES string of the molecule is CCC(CC)(CC(=O)O)NC(=O)CC(C)c1ccccc1OC. The van der Waals surface area contributed by atoms with E-state index in [2.05, 4.69) is 5.32 Å². The predicted octanol–water partition coefficient (Wildman–Crippen LogP) is 3.34. The minimum Gasteiger partial charge on any atom is -0.496 e. The zero-order valence-electron chi connectivity index (χ0n) is 14.4. The predicted molar refractivity (Wildman–Crippen MR) is 89.7 cm³/mol. The van der Waals surface area contributed by atoms with E-state index < -0.39 is 11.5 Å². The standard InChI is InChI=1S/C18H27NO4/c1-5-18(6-2,12-17(21)22)19-16(20)11-13(3)14-9-7-8-10-15(14)23-4/h7-10,13H,5-6,11-12H2,1-4H3,(H,19,20)(H,21,22). The summed E-state index contributed by atoms with van der Waals surface area (Å²) >= 11 is 0. The van der Waals surface area contributed by atoms with Gasteiger partial charge in [0, 0.05) is 12.0 Å². The molecule has 1 unspecified atom stereocenters. The second-order valence-corrected chi connectivity index (χ2v) is 5.95. The third-order valence-electron chi connectivity index (χ3n) is 4.41. The second kappa shape index (κ2) is 8.56. The fourth-order valence-electron chi connectivity index (χ4n) is 2.82. The van der Waals surface area contributed by atoms with Crippen LogP contribution in [0.5, 0.6) is 5.75 Å². The van der Waals surface area contributed by atoms with Gasteiger partial charge in [-0.2, -0.15) is 0 Å². The molecule has 1 aromatic rings. The minimum atomic E-state index is -0.897. The quantitative estimate of drug-likeness (QED) is 0.731. The van der Waals surface area contributed by atoms with E-state index in [9.17, 15) is 9.59 Å². The summed E-state index contributed by atoms with van der Waals surface area (Å²) in [5, 5.41) is 12.0. The van der Waals surface area contributed by atoms with E-state index in [1.54, 1.807) is 7.11 Å². The van der Waals surface area contributed by atoms with Crippen LogP contribution < -0.4 is 10.1 Å². The molecule has 0 heterocycles. The van der Waals surface area contributed by atoms with E-state index in [0.29, 0.717) is 19.3 Å². The fraction of sp³-hybridized carbons (Fsp3) is 0.556. The number of carboxylic acid groups (broad SMARTS) is 1. The summed E-state index contributed by atoms with van der Waals surface area (Å²) in [7, 11) is 1.61. The van der Waals surface area contributed by atoms with Crippen molar-refractivity contribution in [1.29, 1.82) is 0 Å². The molecule has 1 amide bonds. The van der Waals surface area contributed by atoms with E-state index in [4.69, 9.17) is 9.84 Å². The Morgan fingerprint density at radius 1 is 1.26 bits per heavy atom. The smallest absolute Gasteiger partial charge is 0.305 e. The molecule has 0 saturated carbocycles. The van der Waals surface area contributed by atoms with Gasteiger partial charge in [-0.3, -0.25) is 9.59 Å². The molecule has 0 radical (unpaired) electrons. The minimum absolute atomic E-state index is 0.0117. The Morgan fingerprint density at radius 3 is 2.39 bits per heavy atom. The largest absolute Gasteiger partial charge is 0.496 e. The van der Waals surface area contributed by atoms with Crippen molar-refractivity contribution in [2.45, 2.75) is 57.9 Å². The summed E-state index contributed by atoms with van der Waals surface area (Å²) in [4.78, 5) is 23.5. The van der Waals surface area contributed by atoms with Crippen molar-refractivity contribution < 1.29 is 19.4 Å². The molecule has 2 N–H and O–H groups in total. The molecule has 5 heteroatoms. The third-order valence-corrected chi connectivity index (χ3v) is 4.41. The second-order valence-electron chi connectivity index (χ2n) is 5.95. The van der Waals surface area contributed by atoms with E-state index in [1.807, 2.05) is 45.0 Å². The topological polar surface area (TPSA) is 75.6 Å². The first kappa shape index (κ1) is 19.0. The van der Waals surface area contributed by atoms with Gasteiger partial charge in [-0.05, 0) is 30.4 Å². The molecule has 0 aliphatic carbocycles. The normalized spacial score (nSPS) is 12.5. The van der Waals surface area contributed by atoms with Crippen LogP contribution in [0, 0.1) is 0 Å². The van der Waals surface area contributed by atoms with Gasteiger partial charge < -0.3 is 15.2 Å². The lowest BCUT2D eigenvalue weighted by atomic mass is 9.88. The van der Waals surface area contributed by atoms with Gasteiger partial charge >= 0.3 is 5.97 Å². The highest BCUT2D eigenvalue weighted by atomic mass is 16.5. The van der Waals surface area contributed by atoms with Crippen LogP contribution in [0.3, 0.4) is 0 Å². The van der Waals surface area contributed by atoms with Gasteiger partial charge in [0.15, 0.2) is 0 Å². The van der Waals surface area contributed by atoms with Crippen molar-refractivity contribution >= 4 is 11.9 Å². The van der Waals surface area contributed by atoms with Crippen LogP contribution >= 0.6 is 0 Å². The lowest BCUT2D eigenvalue weighted by molar-refractivity contribution is -0.139. The Balaban J connectivity index is 2.79. The molecular weight excluding hydrogens is 294 g/mol. The summed E-state index contributed by atoms with van der Waals surface area (Å²) < 4.78 is 5.33. The lowest BCUT2D eigenvalue weighted by Gasteiger charge is -2.32. The molecule has 0 spiro atoms. The Hall–Kier alpha value is -2.04. The Labute approximate surface area is 138 Å². The van der Waals surface area contributed by atoms with Gasteiger partial charge in [-0.15, -0.1) is 0 Å². The van der Waals surface area contributed by atoms with E-state index in [-0.39, 0.29) is 18.2 Å². The molecule has 0 fully saturated rings. The number of hydrogen-bond acceptors (Lipinski definition) is 3. The van der Waals surface area contributed by atoms with Crippen LogP contribution in [0.2, 0.25) is 0 Å². The Morgan fingerprint density at radius 2 is 1.87 bits per heavy atom. The van der Waals surface area contributed by atoms with Crippen LogP contribution in [0.15, 0.2) is 24.3 Å². The van der Waals surface area contributed by atoms with Gasteiger partial charge in [0.25, 0.3) is 0 Å². The molecule has 5 nitrogen and oxygen atoms in total. The summed E-state index contributed by atoms with van der Waals surface area (Å²) in [6, 6.07) is 7.62. The Kier molecular flexibility index (Phi) is 7.07. The van der Waals surface area contributed by atoms with Crippen molar-refractivity contribution in [1.82, 2.24) is 5.32 Å². The number of ether oxygens (including phenoxy) is 1.